The van der Waals surface area contributed by atoms with Gasteiger partial charge >= 0.3 is 0 Å². The summed E-state index contributed by atoms with van der Waals surface area (Å²) in [4.78, 5) is 0. The quantitative estimate of drug-likeness (QED) is 0.647. The van der Waals surface area contributed by atoms with Gasteiger partial charge in [0.15, 0.2) is 0 Å². The van der Waals surface area contributed by atoms with Crippen LogP contribution in [0.1, 0.15) is 0 Å². The predicted octanol–water partition coefficient (Wildman–Crippen LogP) is 2.13. The zero-order valence-electron chi connectivity index (χ0n) is 3.36. The summed E-state index contributed by atoms with van der Waals surface area (Å²) in [5.41, 5.74) is 0. The Morgan fingerprint density at radius 3 is 0.250 bits per heavy atom. The number of hydrogen-bond acceptors (Lipinski definition) is 0. The van der Waals surface area contributed by atoms with Crippen molar-refractivity contribution in [3.8, 4) is 0 Å². The molecule has 0 atom stereocenters. The van der Waals surface area contributed by atoms with Crippen LogP contribution in [0.15, 0.2) is 0 Å². The molecule has 0 saturated heterocycles. The SMILES string of the molecule is Cl.Cl.Cl.Cl.Cl.Cl.Cl.O. The average Bonchev–Trinajstić information content (AvgIpc) is 0. The van der Waals surface area contributed by atoms with E-state index in [2.05, 4.69) is 0 Å². The Morgan fingerprint density at radius 1 is 0.250 bits per heavy atom. The molecule has 0 bridgehead atoms. The summed E-state index contributed by atoms with van der Waals surface area (Å²) in [5, 5.41) is 0. The molecular weight excluding hydrogens is 264 g/mol. The molecule has 0 aromatic carbocycles. The van der Waals surface area contributed by atoms with E-state index in [0.717, 1.165) is 0 Å². The van der Waals surface area contributed by atoms with Crippen LogP contribution in [0.25, 0.3) is 0 Å². The Morgan fingerprint density at radius 2 is 0.250 bits per heavy atom. The lowest BCUT2D eigenvalue weighted by Crippen LogP contribution is -0.289. The Hall–Kier alpha value is 1.99. The number of hydrogen-bond donors (Lipinski definition) is 0. The van der Waals surface area contributed by atoms with E-state index in [9.17, 15) is 0 Å². The van der Waals surface area contributed by atoms with Crippen LogP contribution in [-0.4, -0.2) is 5.48 Å². The monoisotopic (exact) mass is 270 g/mol. The fraction of sp³-hybridized carbons (Fsp3) is 0. The van der Waals surface area contributed by atoms with Gasteiger partial charge in [0.05, 0.1) is 0 Å². The van der Waals surface area contributed by atoms with Crippen LogP contribution in [0.2, 0.25) is 0 Å². The fourth-order valence-corrected chi connectivity index (χ4v) is 0. The van der Waals surface area contributed by atoms with E-state index in [1.165, 1.54) is 0 Å². The highest BCUT2D eigenvalue weighted by Crippen LogP contribution is 0.696. The summed E-state index contributed by atoms with van der Waals surface area (Å²) in [6.45, 7) is 0. The number of halogens is 7. The zero-order valence-corrected chi connectivity index (χ0v) is 9.07. The van der Waals surface area contributed by atoms with Crippen molar-refractivity contribution >= 4 is 86.8 Å². The smallest absolute Gasteiger partial charge is 0.147 e. The molecule has 0 amide bonds. The first kappa shape index (κ1) is 204. The van der Waals surface area contributed by atoms with Crippen molar-refractivity contribution in [2.24, 2.45) is 0 Å². The van der Waals surface area contributed by atoms with Crippen LogP contribution >= 0.6 is 86.8 Å². The lowest BCUT2D eigenvalue weighted by atomic mass is 16.0. The second-order valence-electron chi connectivity index (χ2n) is 0. The molecule has 0 saturated carbocycles. The van der Waals surface area contributed by atoms with Crippen molar-refractivity contribution < 1.29 is 5.48 Å². The summed E-state index contributed by atoms with van der Waals surface area (Å²) in [7, 11) is 0. The predicted molar refractivity (Wildman–Crippen MR) is 54.3 cm³/mol. The molecule has 0 aliphatic heterocycles. The Kier molecular flexibility index (Phi) is 3690. The Bertz CT molecular complexity index is 4.35. The summed E-state index contributed by atoms with van der Waals surface area (Å²) in [5.74, 6) is 0. The lowest BCUT2D eigenvalue weighted by molar-refractivity contribution is 0.824. The maximum absolute atomic E-state index is 0. The lowest BCUT2D eigenvalue weighted by Gasteiger charge is -0.412. The van der Waals surface area contributed by atoms with Crippen molar-refractivity contribution in [3.05, 3.63) is 0 Å². The van der Waals surface area contributed by atoms with Gasteiger partial charge in [-0.3, -0.25) is 0 Å². The highest BCUT2D eigenvalue weighted by atomic mass is 35.5. The van der Waals surface area contributed by atoms with Gasteiger partial charge in [0.1, 0.15) is 0 Å². The van der Waals surface area contributed by atoms with Crippen molar-refractivity contribution in [2.45, 2.75) is 0 Å². The molecule has 0 aliphatic rings. The molecular formula is H9Cl7O. The molecule has 2 N–H and O–H groups in total. The van der Waals surface area contributed by atoms with Crippen LogP contribution in [0, 0.1) is 0 Å². The van der Waals surface area contributed by atoms with Gasteiger partial charge in [-0.15, -0.1) is 86.8 Å². The van der Waals surface area contributed by atoms with Crippen LogP contribution < -0.4 is 0 Å². The largest absolute Gasteiger partial charge is 0.412 e. The first-order chi connectivity index (χ1) is 0. The molecule has 64 valence electrons. The van der Waals surface area contributed by atoms with Crippen LogP contribution in [0.5, 0.6) is 0 Å². The van der Waals surface area contributed by atoms with Gasteiger partial charge in [0, 0.05) is 0 Å². The maximum atomic E-state index is 0. The van der Waals surface area contributed by atoms with Crippen LogP contribution in [-0.2, 0) is 0 Å². The molecule has 0 aliphatic carbocycles. The Labute approximate surface area is 91.9 Å². The zero-order chi connectivity index (χ0) is 0. The molecule has 8 heteroatoms. The molecule has 0 radical (unpaired) electrons. The van der Waals surface area contributed by atoms with Crippen molar-refractivity contribution in [1.82, 2.24) is 0 Å². The van der Waals surface area contributed by atoms with E-state index in [4.69, 9.17) is 0 Å². The summed E-state index contributed by atoms with van der Waals surface area (Å²) in [6.07, 6.45) is 0. The van der Waals surface area contributed by atoms with E-state index >= 15 is 0 Å². The van der Waals surface area contributed by atoms with Gasteiger partial charge in [0.2, 0.25) is 0 Å². The second-order valence-corrected chi connectivity index (χ2v) is 0. The minimum atomic E-state index is 0. The minimum absolute atomic E-state index is 0. The fourth-order valence-electron chi connectivity index (χ4n) is 0. The van der Waals surface area contributed by atoms with Gasteiger partial charge in [-0.25, -0.2) is 0 Å². The standard InChI is InChI=1S/7ClH.H2O/h7*1H;1H2. The molecule has 0 spiro atoms. The third-order valence-electron chi connectivity index (χ3n) is 0. The van der Waals surface area contributed by atoms with E-state index < -0.39 is 0 Å². The van der Waals surface area contributed by atoms with Gasteiger partial charge in [0.25, 0.3) is 0 Å². The third-order valence-corrected chi connectivity index (χ3v) is 0. The van der Waals surface area contributed by atoms with E-state index in [1.807, 2.05) is 0 Å². The topological polar surface area (TPSA) is 31.5 Å². The van der Waals surface area contributed by atoms with Crippen molar-refractivity contribution in [3.63, 3.8) is 0 Å². The molecule has 0 unspecified atom stereocenters. The molecule has 8 heavy (non-hydrogen) atoms. The third kappa shape index (κ3) is 98.6. The molecule has 0 fully saturated rings. The first-order valence-corrected chi connectivity index (χ1v) is 0. The highest BCUT2D eigenvalue weighted by molar-refractivity contribution is 5.86. The van der Waals surface area contributed by atoms with Crippen molar-refractivity contribution in [1.29, 1.82) is 0 Å². The molecule has 1 nitrogen and oxygen atoms in total. The molecule has 0 rings (SSSR count). The Balaban J connectivity index is 0. The maximum Gasteiger partial charge on any atom is -0.147 e. The van der Waals surface area contributed by atoms with Crippen LogP contribution in [0.4, 0.5) is 0 Å². The average molecular weight is 273 g/mol. The van der Waals surface area contributed by atoms with E-state index in [1.54, 1.807) is 0 Å². The van der Waals surface area contributed by atoms with Crippen molar-refractivity contribution in [2.75, 3.05) is 0 Å². The van der Waals surface area contributed by atoms with Crippen LogP contribution in [0.3, 0.4) is 0 Å². The number of rotatable bonds is 0. The summed E-state index contributed by atoms with van der Waals surface area (Å²) < 4.78 is 0. The molecule has 0 aromatic heterocycles. The summed E-state index contributed by atoms with van der Waals surface area (Å²) >= 11 is 0. The first-order valence-electron chi connectivity index (χ1n) is 0. The second kappa shape index (κ2) is 145. The van der Waals surface area contributed by atoms with Gasteiger partial charge < -0.3 is 5.48 Å². The molecule has 0 aromatic rings. The van der Waals surface area contributed by atoms with Gasteiger partial charge in [-0.05, 0) is 0 Å². The van der Waals surface area contributed by atoms with E-state index in [0.29, 0.717) is 0 Å². The minimum Gasteiger partial charge on any atom is -0.412 e. The van der Waals surface area contributed by atoms with E-state index in [-0.39, 0.29) is 92.3 Å². The summed E-state index contributed by atoms with van der Waals surface area (Å²) in [6, 6.07) is 0. The molecule has 0 heterocycles. The highest BCUT2D eigenvalue weighted by Gasteiger charge is -0.141. The normalized spacial score (nSPS) is 0. The van der Waals surface area contributed by atoms with Gasteiger partial charge in [-0.2, -0.15) is 0 Å². The van der Waals surface area contributed by atoms with Gasteiger partial charge in [-0.1, -0.05) is 0 Å².